The third kappa shape index (κ3) is 4.84. The zero-order valence-electron chi connectivity index (χ0n) is 14.0. The number of hydrogen-bond donors (Lipinski definition) is 0. The molecule has 8 heteroatoms. The number of rotatable bonds is 4. The van der Waals surface area contributed by atoms with Crippen LogP contribution in [0.1, 0.15) is 32.6 Å². The van der Waals surface area contributed by atoms with Crippen LogP contribution in [0.2, 0.25) is 5.02 Å². The van der Waals surface area contributed by atoms with Crippen molar-refractivity contribution in [1.82, 2.24) is 14.7 Å². The fraction of sp³-hybridized carbons (Fsp3) is 0.471. The van der Waals surface area contributed by atoms with Gasteiger partial charge in [-0.1, -0.05) is 47.5 Å². The fourth-order valence-electron chi connectivity index (χ4n) is 2.80. The molecule has 4 nitrogen and oxygen atoms in total. The number of thioether (sulfide) groups is 1. The van der Waals surface area contributed by atoms with Gasteiger partial charge in [-0.15, -0.1) is 5.10 Å². The summed E-state index contributed by atoms with van der Waals surface area (Å²) >= 11 is 14.3. The summed E-state index contributed by atoms with van der Waals surface area (Å²) in [5.41, 5.74) is 0.879. The number of amides is 1. The van der Waals surface area contributed by atoms with E-state index < -0.39 is 0 Å². The molecule has 3 rings (SSSR count). The minimum Gasteiger partial charge on any atom is -0.342 e. The van der Waals surface area contributed by atoms with Gasteiger partial charge in [0.15, 0.2) is 8.29 Å². The summed E-state index contributed by atoms with van der Waals surface area (Å²) in [5.74, 6) is 0.200. The number of likely N-dealkylation sites (tertiary alicyclic amines) is 1. The van der Waals surface area contributed by atoms with Crippen molar-refractivity contribution in [1.29, 1.82) is 0 Å². The molecule has 0 spiro atoms. The highest BCUT2D eigenvalue weighted by Crippen LogP contribution is 2.29. The summed E-state index contributed by atoms with van der Waals surface area (Å²) in [6.45, 7) is 3.70. The molecule has 1 amide bonds. The summed E-state index contributed by atoms with van der Waals surface area (Å²) in [5, 5.41) is 5.10. The highest BCUT2D eigenvalue weighted by molar-refractivity contribution is 8.02. The molecule has 1 unspecified atom stereocenters. The molecule has 134 valence electrons. The maximum absolute atomic E-state index is 12.7. The average molecular weight is 414 g/mol. The quantitative estimate of drug-likeness (QED) is 0.510. The Hall–Kier alpha value is -0.890. The van der Waals surface area contributed by atoms with Crippen LogP contribution < -0.4 is 0 Å². The van der Waals surface area contributed by atoms with E-state index in [1.165, 1.54) is 35.9 Å². The standard InChI is InChI=1S/C17H20ClN3OS3/c1-12(15(22)20-10-4-2-3-5-11-20)24-16-19-21(17(23)25-16)14-8-6-13(18)7-9-14/h6-9,12H,2-5,10-11H2,1H3. The van der Waals surface area contributed by atoms with E-state index in [0.717, 1.165) is 36.0 Å². The largest absolute Gasteiger partial charge is 0.342 e. The zero-order valence-corrected chi connectivity index (χ0v) is 17.2. The molecule has 0 N–H and O–H groups in total. The number of carbonyl (C=O) groups excluding carboxylic acids is 1. The smallest absolute Gasteiger partial charge is 0.235 e. The number of aromatic nitrogens is 2. The third-order valence-corrected chi connectivity index (χ3v) is 6.80. The van der Waals surface area contributed by atoms with Crippen molar-refractivity contribution in [2.45, 2.75) is 42.2 Å². The summed E-state index contributed by atoms with van der Waals surface area (Å²) < 4.78 is 3.21. The van der Waals surface area contributed by atoms with Gasteiger partial charge in [-0.3, -0.25) is 4.79 Å². The molecule has 0 saturated carbocycles. The molecule has 0 bridgehead atoms. The van der Waals surface area contributed by atoms with E-state index in [4.69, 9.17) is 23.8 Å². The summed E-state index contributed by atoms with van der Waals surface area (Å²) in [6, 6.07) is 7.41. The van der Waals surface area contributed by atoms with Gasteiger partial charge in [-0.05, 0) is 56.2 Å². The molecule has 1 aromatic carbocycles. The minimum atomic E-state index is -0.155. The number of nitrogens with zero attached hydrogens (tertiary/aromatic N) is 3. The fourth-order valence-corrected chi connectivity index (χ4v) is 5.52. The maximum Gasteiger partial charge on any atom is 0.235 e. The Morgan fingerprint density at radius 2 is 1.88 bits per heavy atom. The lowest BCUT2D eigenvalue weighted by atomic mass is 10.2. The van der Waals surface area contributed by atoms with E-state index in [9.17, 15) is 4.79 Å². The maximum atomic E-state index is 12.7. The Bertz CT molecular complexity index is 779. The van der Waals surface area contributed by atoms with Crippen LogP contribution in [0.3, 0.4) is 0 Å². The van der Waals surface area contributed by atoms with Crippen molar-refractivity contribution >= 4 is 52.8 Å². The van der Waals surface area contributed by atoms with Gasteiger partial charge in [0.05, 0.1) is 10.9 Å². The molecule has 2 heterocycles. The number of carbonyl (C=O) groups is 1. The molecule has 1 aliphatic heterocycles. The third-order valence-electron chi connectivity index (χ3n) is 4.14. The molecule has 1 saturated heterocycles. The summed E-state index contributed by atoms with van der Waals surface area (Å²) in [4.78, 5) is 14.7. The van der Waals surface area contributed by atoms with Crippen LogP contribution in [-0.4, -0.2) is 38.9 Å². The molecule has 0 radical (unpaired) electrons. The highest BCUT2D eigenvalue weighted by atomic mass is 35.5. The van der Waals surface area contributed by atoms with Gasteiger partial charge in [0.1, 0.15) is 0 Å². The second-order valence-electron chi connectivity index (χ2n) is 6.02. The van der Waals surface area contributed by atoms with Crippen molar-refractivity contribution in [2.75, 3.05) is 13.1 Å². The number of benzene rings is 1. The summed E-state index contributed by atoms with van der Waals surface area (Å²) in [6.07, 6.45) is 4.65. The molecular formula is C17H20ClN3OS3. The lowest BCUT2D eigenvalue weighted by Crippen LogP contribution is -2.37. The van der Waals surface area contributed by atoms with E-state index >= 15 is 0 Å². The van der Waals surface area contributed by atoms with Crippen LogP contribution in [0.25, 0.3) is 5.69 Å². The Kier molecular flexibility index (Phi) is 6.55. The lowest BCUT2D eigenvalue weighted by Gasteiger charge is -2.23. The van der Waals surface area contributed by atoms with Crippen LogP contribution in [0.5, 0.6) is 0 Å². The van der Waals surface area contributed by atoms with Crippen LogP contribution in [0, 0.1) is 3.95 Å². The first kappa shape index (κ1) is 18.9. The Labute approximate surface area is 166 Å². The molecule has 1 aromatic heterocycles. The molecule has 2 aromatic rings. The van der Waals surface area contributed by atoms with E-state index in [-0.39, 0.29) is 11.2 Å². The molecule has 25 heavy (non-hydrogen) atoms. The summed E-state index contributed by atoms with van der Waals surface area (Å²) in [7, 11) is 0. The van der Waals surface area contributed by atoms with Gasteiger partial charge >= 0.3 is 0 Å². The van der Waals surface area contributed by atoms with Gasteiger partial charge in [0, 0.05) is 18.1 Å². The van der Waals surface area contributed by atoms with Crippen molar-refractivity contribution in [3.05, 3.63) is 33.2 Å². The number of hydrogen-bond acceptors (Lipinski definition) is 5. The monoisotopic (exact) mass is 413 g/mol. The van der Waals surface area contributed by atoms with Crippen LogP contribution in [0.15, 0.2) is 28.6 Å². The van der Waals surface area contributed by atoms with Gasteiger partial charge in [0.2, 0.25) is 5.91 Å². The SMILES string of the molecule is CC(Sc1nn(-c2ccc(Cl)cc2)c(=S)s1)C(=O)N1CCCCCC1. The second-order valence-corrected chi connectivity index (χ2v) is 9.67. The van der Waals surface area contributed by atoms with Crippen molar-refractivity contribution in [3.63, 3.8) is 0 Å². The molecule has 1 fully saturated rings. The molecular weight excluding hydrogens is 394 g/mol. The first-order valence-electron chi connectivity index (χ1n) is 8.36. The number of halogens is 1. The average Bonchev–Trinajstić information content (AvgIpc) is 2.80. The van der Waals surface area contributed by atoms with E-state index in [1.807, 2.05) is 36.1 Å². The molecule has 1 aliphatic rings. The van der Waals surface area contributed by atoms with Gasteiger partial charge in [-0.2, -0.15) is 0 Å². The van der Waals surface area contributed by atoms with E-state index in [0.29, 0.717) is 8.98 Å². The van der Waals surface area contributed by atoms with Gasteiger partial charge in [-0.25, -0.2) is 4.68 Å². The van der Waals surface area contributed by atoms with Crippen LogP contribution in [0.4, 0.5) is 0 Å². The van der Waals surface area contributed by atoms with E-state index in [2.05, 4.69) is 5.10 Å². The minimum absolute atomic E-state index is 0.155. The highest BCUT2D eigenvalue weighted by Gasteiger charge is 2.23. The predicted octanol–water partition coefficient (Wildman–Crippen LogP) is 5.20. The first-order valence-corrected chi connectivity index (χ1v) is 10.8. The molecule has 0 aliphatic carbocycles. The predicted molar refractivity (Wildman–Crippen MR) is 108 cm³/mol. The second kappa shape index (κ2) is 8.66. The lowest BCUT2D eigenvalue weighted by molar-refractivity contribution is -0.130. The Morgan fingerprint density at radius 3 is 2.52 bits per heavy atom. The van der Waals surface area contributed by atoms with Crippen molar-refractivity contribution < 1.29 is 4.79 Å². The van der Waals surface area contributed by atoms with E-state index in [1.54, 1.807) is 4.68 Å². The van der Waals surface area contributed by atoms with Gasteiger partial charge < -0.3 is 4.90 Å². The Morgan fingerprint density at radius 1 is 1.24 bits per heavy atom. The topological polar surface area (TPSA) is 38.1 Å². The van der Waals surface area contributed by atoms with Gasteiger partial charge in [0.25, 0.3) is 0 Å². The van der Waals surface area contributed by atoms with Crippen LogP contribution in [-0.2, 0) is 4.79 Å². The van der Waals surface area contributed by atoms with Crippen LogP contribution >= 0.6 is 46.9 Å². The molecule has 1 atom stereocenters. The first-order chi connectivity index (χ1) is 12.0. The van der Waals surface area contributed by atoms with Crippen molar-refractivity contribution in [3.8, 4) is 5.69 Å². The normalized spacial score (nSPS) is 16.5. The zero-order chi connectivity index (χ0) is 17.8. The van der Waals surface area contributed by atoms with Crippen molar-refractivity contribution in [2.24, 2.45) is 0 Å². The Balaban J connectivity index is 1.70.